The van der Waals surface area contributed by atoms with Gasteiger partial charge in [-0.15, -0.1) is 0 Å². The van der Waals surface area contributed by atoms with Crippen molar-refractivity contribution < 1.29 is 14.3 Å². The van der Waals surface area contributed by atoms with E-state index in [1.807, 2.05) is 38.1 Å². The van der Waals surface area contributed by atoms with Crippen molar-refractivity contribution in [3.05, 3.63) is 69.7 Å². The molecule has 1 aliphatic carbocycles. The zero-order valence-corrected chi connectivity index (χ0v) is 17.2. The van der Waals surface area contributed by atoms with E-state index in [0.717, 1.165) is 5.56 Å². The van der Waals surface area contributed by atoms with Crippen molar-refractivity contribution in [2.45, 2.75) is 20.5 Å². The molecule has 2 aromatic rings. The van der Waals surface area contributed by atoms with E-state index < -0.39 is 0 Å². The van der Waals surface area contributed by atoms with Crippen LogP contribution in [0.1, 0.15) is 19.4 Å². The summed E-state index contributed by atoms with van der Waals surface area (Å²) in [4.78, 5) is 12.4. The molecular formula is C21H19Cl3O3. The third-order valence-corrected chi connectivity index (χ3v) is 5.30. The average molecular weight is 426 g/mol. The summed E-state index contributed by atoms with van der Waals surface area (Å²) in [5.41, 5.74) is 0.641. The molecule has 2 unspecified atom stereocenters. The van der Waals surface area contributed by atoms with Crippen molar-refractivity contribution in [3.8, 4) is 11.5 Å². The molecular weight excluding hydrogens is 407 g/mol. The van der Waals surface area contributed by atoms with Crippen LogP contribution in [0.25, 0.3) is 0 Å². The average Bonchev–Trinajstić information content (AvgIpc) is 3.14. The second kappa shape index (κ2) is 8.14. The van der Waals surface area contributed by atoms with Crippen molar-refractivity contribution in [1.29, 1.82) is 0 Å². The molecule has 0 radical (unpaired) electrons. The second-order valence-electron chi connectivity index (χ2n) is 7.09. The van der Waals surface area contributed by atoms with Crippen LogP contribution in [0.4, 0.5) is 0 Å². The summed E-state index contributed by atoms with van der Waals surface area (Å²) in [7, 11) is 0. The van der Waals surface area contributed by atoms with Gasteiger partial charge in [0.2, 0.25) is 0 Å². The lowest BCUT2D eigenvalue weighted by atomic mass is 10.1. The number of halogens is 3. The van der Waals surface area contributed by atoms with Crippen LogP contribution in [0.3, 0.4) is 0 Å². The minimum absolute atomic E-state index is 0.00503. The summed E-state index contributed by atoms with van der Waals surface area (Å²) in [6, 6.07) is 14.5. The van der Waals surface area contributed by atoms with Crippen LogP contribution in [0.5, 0.6) is 11.5 Å². The molecule has 1 saturated carbocycles. The van der Waals surface area contributed by atoms with Crippen molar-refractivity contribution in [2.24, 2.45) is 17.3 Å². The van der Waals surface area contributed by atoms with Crippen molar-refractivity contribution in [3.63, 3.8) is 0 Å². The lowest BCUT2D eigenvalue weighted by molar-refractivity contribution is -0.147. The maximum atomic E-state index is 12.4. The van der Waals surface area contributed by atoms with E-state index in [0.29, 0.717) is 16.5 Å². The van der Waals surface area contributed by atoms with Crippen molar-refractivity contribution in [1.82, 2.24) is 0 Å². The van der Waals surface area contributed by atoms with Crippen LogP contribution in [0, 0.1) is 17.3 Å². The lowest BCUT2D eigenvalue weighted by Crippen LogP contribution is -2.10. The Morgan fingerprint density at radius 3 is 2.48 bits per heavy atom. The molecule has 1 aliphatic rings. The predicted molar refractivity (Wildman–Crippen MR) is 108 cm³/mol. The third-order valence-electron chi connectivity index (χ3n) is 4.80. The lowest BCUT2D eigenvalue weighted by Gasteiger charge is -2.09. The van der Waals surface area contributed by atoms with Gasteiger partial charge in [0.15, 0.2) is 0 Å². The Morgan fingerprint density at radius 1 is 1.11 bits per heavy atom. The molecule has 0 heterocycles. The van der Waals surface area contributed by atoms with Gasteiger partial charge in [0.1, 0.15) is 22.6 Å². The number of ether oxygens (including phenoxy) is 2. The molecule has 142 valence electrons. The Morgan fingerprint density at radius 2 is 1.81 bits per heavy atom. The number of allylic oxidation sites excluding steroid dienone is 1. The van der Waals surface area contributed by atoms with E-state index in [-0.39, 0.29) is 34.3 Å². The molecule has 0 saturated heterocycles. The van der Waals surface area contributed by atoms with Gasteiger partial charge >= 0.3 is 5.97 Å². The van der Waals surface area contributed by atoms with Gasteiger partial charge in [-0.2, -0.15) is 0 Å². The fraction of sp³-hybridized carbons (Fsp3) is 0.286. The summed E-state index contributed by atoms with van der Waals surface area (Å²) in [5.74, 6) is 0.848. The highest BCUT2D eigenvalue weighted by atomic mass is 35.5. The van der Waals surface area contributed by atoms with Crippen LogP contribution in [0.15, 0.2) is 59.1 Å². The van der Waals surface area contributed by atoms with Gasteiger partial charge in [0.25, 0.3) is 0 Å². The molecule has 0 N–H and O–H groups in total. The Labute approximate surface area is 173 Å². The van der Waals surface area contributed by atoms with E-state index in [9.17, 15) is 4.79 Å². The normalized spacial score (nSPS) is 19.9. The summed E-state index contributed by atoms with van der Waals surface area (Å²) < 4.78 is 11.5. The van der Waals surface area contributed by atoms with Crippen molar-refractivity contribution >= 4 is 40.8 Å². The molecule has 27 heavy (non-hydrogen) atoms. The van der Waals surface area contributed by atoms with Crippen molar-refractivity contribution in [2.75, 3.05) is 0 Å². The highest BCUT2D eigenvalue weighted by molar-refractivity contribution is 6.55. The molecule has 0 spiro atoms. The van der Waals surface area contributed by atoms with Crippen LogP contribution in [0.2, 0.25) is 5.02 Å². The number of carbonyl (C=O) groups excluding carboxylic acids is 1. The number of esters is 1. The molecule has 3 nitrogen and oxygen atoms in total. The molecule has 0 amide bonds. The fourth-order valence-corrected chi connectivity index (χ4v) is 3.55. The second-order valence-corrected chi connectivity index (χ2v) is 8.54. The highest BCUT2D eigenvalue weighted by Gasteiger charge is 2.61. The number of benzene rings is 2. The van der Waals surface area contributed by atoms with Crippen LogP contribution in [-0.2, 0) is 16.1 Å². The zero-order chi connectivity index (χ0) is 19.6. The SMILES string of the molecule is CC1(C)C(C=C(Cl)Cl)C1C(=O)OCc1cccc(Oc2ccc(Cl)cc2)c1. The number of hydrogen-bond donors (Lipinski definition) is 0. The van der Waals surface area contributed by atoms with Gasteiger partial charge in [0, 0.05) is 5.02 Å². The molecule has 6 heteroatoms. The first-order valence-corrected chi connectivity index (χ1v) is 9.62. The van der Waals surface area contributed by atoms with E-state index in [1.54, 1.807) is 30.3 Å². The molecule has 0 aromatic heterocycles. The zero-order valence-electron chi connectivity index (χ0n) is 14.9. The van der Waals surface area contributed by atoms with E-state index in [2.05, 4.69) is 0 Å². The van der Waals surface area contributed by atoms with Gasteiger partial charge in [-0.05, 0) is 59.4 Å². The summed E-state index contributed by atoms with van der Waals surface area (Å²) in [6.45, 7) is 4.17. The van der Waals surface area contributed by atoms with Gasteiger partial charge in [0.05, 0.1) is 5.92 Å². The molecule has 1 fully saturated rings. The van der Waals surface area contributed by atoms with Crippen LogP contribution < -0.4 is 4.74 Å². The minimum Gasteiger partial charge on any atom is -0.461 e. The van der Waals surface area contributed by atoms with Gasteiger partial charge in [-0.1, -0.05) is 60.8 Å². The van der Waals surface area contributed by atoms with E-state index >= 15 is 0 Å². The van der Waals surface area contributed by atoms with Crippen LogP contribution in [-0.4, -0.2) is 5.97 Å². The highest BCUT2D eigenvalue weighted by Crippen LogP contribution is 2.60. The molecule has 0 bridgehead atoms. The number of carbonyl (C=O) groups is 1. The molecule has 3 rings (SSSR count). The summed E-state index contributed by atoms with van der Waals surface area (Å²) >= 11 is 17.3. The van der Waals surface area contributed by atoms with E-state index in [4.69, 9.17) is 44.3 Å². The Balaban J connectivity index is 1.59. The standard InChI is InChI=1S/C21H19Cl3O3/c1-21(2)17(11-18(23)24)19(21)20(25)26-12-13-4-3-5-16(10-13)27-15-8-6-14(22)7-9-15/h3-11,17,19H,12H2,1-2H3. The van der Waals surface area contributed by atoms with E-state index in [1.165, 1.54) is 0 Å². The van der Waals surface area contributed by atoms with Gasteiger partial charge < -0.3 is 9.47 Å². The van der Waals surface area contributed by atoms with Crippen LogP contribution >= 0.6 is 34.8 Å². The summed E-state index contributed by atoms with van der Waals surface area (Å²) in [5, 5.41) is 0.648. The first-order valence-electron chi connectivity index (χ1n) is 8.49. The largest absolute Gasteiger partial charge is 0.461 e. The molecule has 0 aliphatic heterocycles. The Hall–Kier alpha value is -1.68. The monoisotopic (exact) mass is 424 g/mol. The molecule has 2 atom stereocenters. The maximum absolute atomic E-state index is 12.4. The topological polar surface area (TPSA) is 35.5 Å². The first kappa shape index (κ1) is 20.1. The molecule has 2 aromatic carbocycles. The maximum Gasteiger partial charge on any atom is 0.310 e. The summed E-state index contributed by atoms with van der Waals surface area (Å²) in [6.07, 6.45) is 1.70. The quantitative estimate of drug-likeness (QED) is 0.479. The predicted octanol–water partition coefficient (Wildman–Crippen LogP) is 6.77. The Bertz CT molecular complexity index is 855. The first-order chi connectivity index (χ1) is 12.8. The minimum atomic E-state index is -0.250. The number of hydrogen-bond acceptors (Lipinski definition) is 3. The fourth-order valence-electron chi connectivity index (χ4n) is 3.16. The smallest absolute Gasteiger partial charge is 0.310 e. The van der Waals surface area contributed by atoms with Gasteiger partial charge in [-0.25, -0.2) is 0 Å². The Kier molecular flexibility index (Phi) is 6.05. The third kappa shape index (κ3) is 4.98. The van der Waals surface area contributed by atoms with Gasteiger partial charge in [-0.3, -0.25) is 4.79 Å². The number of rotatable bonds is 6.